The van der Waals surface area contributed by atoms with E-state index in [-0.39, 0.29) is 0 Å². The van der Waals surface area contributed by atoms with Crippen LogP contribution in [0.4, 0.5) is 11.5 Å². The number of benzene rings is 1. The van der Waals surface area contributed by atoms with Crippen molar-refractivity contribution in [2.24, 2.45) is 0 Å². The molecule has 2 rings (SSSR count). The Morgan fingerprint density at radius 2 is 1.82 bits per heavy atom. The van der Waals surface area contributed by atoms with Crippen molar-refractivity contribution in [1.82, 2.24) is 4.98 Å². The van der Waals surface area contributed by atoms with E-state index in [0.717, 1.165) is 0 Å². The molecule has 0 saturated heterocycles. The highest BCUT2D eigenvalue weighted by atomic mass is 15.0. The summed E-state index contributed by atoms with van der Waals surface area (Å²) in [4.78, 5) is 4.08. The zero-order valence-corrected chi connectivity index (χ0v) is 8.88. The molecule has 0 aliphatic heterocycles. The van der Waals surface area contributed by atoms with Gasteiger partial charge in [0.25, 0.3) is 0 Å². The number of para-hydroxylation sites is 1. The lowest BCUT2D eigenvalue weighted by molar-refractivity contribution is 1.28. The van der Waals surface area contributed by atoms with Crippen LogP contribution in [-0.4, -0.2) is 4.98 Å². The number of aromatic nitrogens is 1. The molecule has 1 aromatic carbocycles. The van der Waals surface area contributed by atoms with Crippen LogP contribution in [0, 0.1) is 22.7 Å². The number of nitriles is 2. The summed E-state index contributed by atoms with van der Waals surface area (Å²) < 4.78 is 0. The van der Waals surface area contributed by atoms with E-state index in [4.69, 9.17) is 10.5 Å². The summed E-state index contributed by atoms with van der Waals surface area (Å²) in [5, 5.41) is 20.6. The number of anilines is 2. The molecule has 0 aliphatic rings. The molecule has 1 N–H and O–H groups in total. The van der Waals surface area contributed by atoms with Crippen molar-refractivity contribution in [3.8, 4) is 12.1 Å². The topological polar surface area (TPSA) is 72.5 Å². The molecule has 0 radical (unpaired) electrons. The third kappa shape index (κ3) is 2.39. The van der Waals surface area contributed by atoms with E-state index in [2.05, 4.69) is 16.4 Å². The minimum absolute atomic E-state index is 0.504. The second kappa shape index (κ2) is 4.78. The largest absolute Gasteiger partial charge is 0.339 e. The molecular formula is C13H8N4. The Bertz CT molecular complexity index is 603. The maximum absolute atomic E-state index is 8.93. The van der Waals surface area contributed by atoms with Crippen LogP contribution in [0.25, 0.3) is 0 Å². The Hall–Kier alpha value is -2.85. The maximum Gasteiger partial charge on any atom is 0.130 e. The van der Waals surface area contributed by atoms with Gasteiger partial charge >= 0.3 is 0 Å². The van der Waals surface area contributed by atoms with Crippen LogP contribution < -0.4 is 5.32 Å². The van der Waals surface area contributed by atoms with Gasteiger partial charge in [0.1, 0.15) is 18.0 Å². The molecule has 0 atom stereocenters. The highest BCUT2D eigenvalue weighted by Crippen LogP contribution is 2.18. The summed E-state index contributed by atoms with van der Waals surface area (Å²) in [6.07, 6.45) is 1.48. The van der Waals surface area contributed by atoms with Gasteiger partial charge < -0.3 is 5.32 Å². The summed E-state index contributed by atoms with van der Waals surface area (Å²) in [6, 6.07) is 14.6. The highest BCUT2D eigenvalue weighted by molar-refractivity contribution is 5.64. The molecule has 17 heavy (non-hydrogen) atoms. The standard InChI is InChI=1S/C13H8N4/c14-7-10-5-6-13(16-9-10)17-12-4-2-1-3-11(12)8-15/h1-6,9H,(H,16,17). The zero-order valence-electron chi connectivity index (χ0n) is 8.88. The van der Waals surface area contributed by atoms with Gasteiger partial charge in [0.15, 0.2) is 0 Å². The molecule has 4 heteroatoms. The first-order valence-electron chi connectivity index (χ1n) is 4.96. The molecule has 0 bridgehead atoms. The van der Waals surface area contributed by atoms with E-state index in [9.17, 15) is 0 Å². The molecule has 1 heterocycles. The predicted octanol–water partition coefficient (Wildman–Crippen LogP) is 2.57. The minimum atomic E-state index is 0.504. The summed E-state index contributed by atoms with van der Waals surface area (Å²) in [5.74, 6) is 0.603. The van der Waals surface area contributed by atoms with Gasteiger partial charge in [0.2, 0.25) is 0 Å². The maximum atomic E-state index is 8.93. The Labute approximate surface area is 98.8 Å². The van der Waals surface area contributed by atoms with Crippen molar-refractivity contribution in [2.45, 2.75) is 0 Å². The highest BCUT2D eigenvalue weighted by Gasteiger charge is 2.01. The first kappa shape index (κ1) is 10.7. The van der Waals surface area contributed by atoms with Crippen molar-refractivity contribution in [3.63, 3.8) is 0 Å². The lowest BCUT2D eigenvalue weighted by Gasteiger charge is -2.06. The molecular weight excluding hydrogens is 212 g/mol. The van der Waals surface area contributed by atoms with Gasteiger partial charge in [0, 0.05) is 6.20 Å². The fourth-order valence-corrected chi connectivity index (χ4v) is 1.36. The minimum Gasteiger partial charge on any atom is -0.339 e. The van der Waals surface area contributed by atoms with Gasteiger partial charge in [-0.15, -0.1) is 0 Å². The van der Waals surface area contributed by atoms with E-state index in [1.807, 2.05) is 12.1 Å². The lowest BCUT2D eigenvalue weighted by atomic mass is 10.2. The van der Waals surface area contributed by atoms with Crippen molar-refractivity contribution in [2.75, 3.05) is 5.32 Å². The number of nitrogens with zero attached hydrogens (tertiary/aromatic N) is 3. The quantitative estimate of drug-likeness (QED) is 0.844. The van der Waals surface area contributed by atoms with E-state index in [1.165, 1.54) is 6.20 Å². The summed E-state index contributed by atoms with van der Waals surface area (Å²) in [5.41, 5.74) is 1.76. The second-order valence-electron chi connectivity index (χ2n) is 3.33. The molecule has 2 aromatic rings. The molecule has 0 amide bonds. The number of hydrogen-bond acceptors (Lipinski definition) is 4. The van der Waals surface area contributed by atoms with E-state index >= 15 is 0 Å². The average molecular weight is 220 g/mol. The Morgan fingerprint density at radius 3 is 2.47 bits per heavy atom. The Balaban J connectivity index is 2.26. The van der Waals surface area contributed by atoms with Crippen molar-refractivity contribution in [1.29, 1.82) is 10.5 Å². The van der Waals surface area contributed by atoms with Crippen LogP contribution in [0.1, 0.15) is 11.1 Å². The first-order chi connectivity index (χ1) is 8.33. The summed E-state index contributed by atoms with van der Waals surface area (Å²) >= 11 is 0. The monoisotopic (exact) mass is 220 g/mol. The van der Waals surface area contributed by atoms with Crippen LogP contribution in [0.2, 0.25) is 0 Å². The SMILES string of the molecule is N#Cc1ccc(Nc2ccccc2C#N)nc1. The third-order valence-electron chi connectivity index (χ3n) is 2.20. The number of hydrogen-bond donors (Lipinski definition) is 1. The molecule has 0 aliphatic carbocycles. The van der Waals surface area contributed by atoms with E-state index in [0.29, 0.717) is 22.6 Å². The van der Waals surface area contributed by atoms with Gasteiger partial charge in [-0.1, -0.05) is 12.1 Å². The van der Waals surface area contributed by atoms with Gasteiger partial charge in [-0.2, -0.15) is 10.5 Å². The van der Waals surface area contributed by atoms with Gasteiger partial charge in [-0.3, -0.25) is 0 Å². The molecule has 0 saturated carbocycles. The molecule has 1 aromatic heterocycles. The van der Waals surface area contributed by atoms with Gasteiger partial charge in [0.05, 0.1) is 16.8 Å². The molecule has 80 valence electrons. The lowest BCUT2D eigenvalue weighted by Crippen LogP contribution is -1.95. The summed E-state index contributed by atoms with van der Waals surface area (Å²) in [7, 11) is 0. The van der Waals surface area contributed by atoms with Crippen molar-refractivity contribution in [3.05, 3.63) is 53.7 Å². The average Bonchev–Trinajstić information content (AvgIpc) is 2.40. The Kier molecular flexibility index (Phi) is 3.00. The fourth-order valence-electron chi connectivity index (χ4n) is 1.36. The van der Waals surface area contributed by atoms with Crippen molar-refractivity contribution < 1.29 is 0 Å². The van der Waals surface area contributed by atoms with E-state index < -0.39 is 0 Å². The zero-order chi connectivity index (χ0) is 12.1. The molecule has 0 fully saturated rings. The van der Waals surface area contributed by atoms with Crippen LogP contribution in [0.5, 0.6) is 0 Å². The van der Waals surface area contributed by atoms with Gasteiger partial charge in [-0.05, 0) is 24.3 Å². The predicted molar refractivity (Wildman–Crippen MR) is 63.4 cm³/mol. The smallest absolute Gasteiger partial charge is 0.130 e. The second-order valence-corrected chi connectivity index (χ2v) is 3.33. The molecule has 0 unspecified atom stereocenters. The first-order valence-corrected chi connectivity index (χ1v) is 4.96. The Morgan fingerprint density at radius 1 is 1.00 bits per heavy atom. The van der Waals surface area contributed by atoms with Crippen LogP contribution in [-0.2, 0) is 0 Å². The number of nitrogens with one attached hydrogen (secondary N) is 1. The normalized spacial score (nSPS) is 9.06. The van der Waals surface area contributed by atoms with E-state index in [1.54, 1.807) is 30.3 Å². The molecule has 4 nitrogen and oxygen atoms in total. The van der Waals surface area contributed by atoms with Crippen LogP contribution in [0.15, 0.2) is 42.6 Å². The third-order valence-corrected chi connectivity index (χ3v) is 2.20. The van der Waals surface area contributed by atoms with Gasteiger partial charge in [-0.25, -0.2) is 4.98 Å². The van der Waals surface area contributed by atoms with Crippen LogP contribution in [0.3, 0.4) is 0 Å². The van der Waals surface area contributed by atoms with Crippen molar-refractivity contribution >= 4 is 11.5 Å². The van der Waals surface area contributed by atoms with Crippen LogP contribution >= 0.6 is 0 Å². The number of pyridine rings is 1. The molecule has 0 spiro atoms. The number of rotatable bonds is 2. The fraction of sp³-hybridized carbons (Fsp3) is 0. The summed E-state index contributed by atoms with van der Waals surface area (Å²) in [6.45, 7) is 0.